The number of nitrogen functional groups attached to an aromatic ring is 1. The average Bonchev–Trinajstić information content (AvgIpc) is 3.08. The van der Waals surface area contributed by atoms with Crippen LogP contribution in [0.5, 0.6) is 0 Å². The highest BCUT2D eigenvalue weighted by atomic mass is 16.6. The molecule has 0 bridgehead atoms. The van der Waals surface area contributed by atoms with Gasteiger partial charge in [-0.2, -0.15) is 0 Å². The Morgan fingerprint density at radius 3 is 2.81 bits per heavy atom. The summed E-state index contributed by atoms with van der Waals surface area (Å²) in [5.74, 6) is 0.577. The van der Waals surface area contributed by atoms with Gasteiger partial charge in [0.05, 0.1) is 29.2 Å². The second kappa shape index (κ2) is 8.61. The Labute approximate surface area is 156 Å². The first kappa shape index (κ1) is 18.8. The zero-order valence-electron chi connectivity index (χ0n) is 15.1. The highest BCUT2D eigenvalue weighted by molar-refractivity contribution is 5.81. The van der Waals surface area contributed by atoms with Gasteiger partial charge in [-0.15, -0.1) is 0 Å². The number of benzene rings is 2. The highest BCUT2D eigenvalue weighted by Crippen LogP contribution is 2.28. The molecule has 142 valence electrons. The minimum atomic E-state index is -0.492. The number of nitrogens with two attached hydrogens (primary N) is 1. The number of imidazole rings is 1. The zero-order chi connectivity index (χ0) is 19.2. The van der Waals surface area contributed by atoms with E-state index in [0.29, 0.717) is 31.2 Å². The van der Waals surface area contributed by atoms with Crippen molar-refractivity contribution < 1.29 is 14.4 Å². The summed E-state index contributed by atoms with van der Waals surface area (Å²) in [5, 5.41) is 11.1. The first-order chi connectivity index (χ1) is 13.1. The van der Waals surface area contributed by atoms with E-state index in [1.807, 2.05) is 18.2 Å². The molecule has 0 radical (unpaired) electrons. The second-order valence-electron chi connectivity index (χ2n) is 6.18. The van der Waals surface area contributed by atoms with Crippen LogP contribution in [-0.2, 0) is 15.9 Å². The number of nitro benzene ring substituents is 1. The van der Waals surface area contributed by atoms with Crippen molar-refractivity contribution in [3.63, 3.8) is 0 Å². The van der Waals surface area contributed by atoms with Crippen molar-refractivity contribution in [2.45, 2.75) is 12.8 Å². The van der Waals surface area contributed by atoms with E-state index in [-0.39, 0.29) is 11.4 Å². The molecule has 2 aromatic carbocycles. The van der Waals surface area contributed by atoms with Crippen molar-refractivity contribution in [3.05, 3.63) is 52.1 Å². The number of fused-ring (bicyclic) bond motifs is 1. The molecule has 0 aliphatic heterocycles. The molecule has 1 heterocycles. The number of anilines is 1. The van der Waals surface area contributed by atoms with Gasteiger partial charge in [0.15, 0.2) is 0 Å². The molecule has 0 unspecified atom stereocenters. The summed E-state index contributed by atoms with van der Waals surface area (Å²) >= 11 is 0. The number of hydrogen-bond donors (Lipinski definition) is 2. The number of nitrogens with one attached hydrogen (secondary N) is 1. The molecule has 0 amide bonds. The number of nitrogens with zero attached hydrogens (tertiary/aromatic N) is 2. The summed E-state index contributed by atoms with van der Waals surface area (Å²) in [7, 11) is 1.65. The molecule has 0 saturated heterocycles. The highest BCUT2D eigenvalue weighted by Gasteiger charge is 2.14. The Kier molecular flexibility index (Phi) is 6.00. The lowest BCUT2D eigenvalue weighted by atomic mass is 10.1. The van der Waals surface area contributed by atoms with Crippen LogP contribution in [0.3, 0.4) is 0 Å². The fraction of sp³-hybridized carbons (Fsp3) is 0.316. The molecule has 8 nitrogen and oxygen atoms in total. The van der Waals surface area contributed by atoms with Crippen LogP contribution in [0.1, 0.15) is 12.0 Å². The number of H-pyrrole nitrogens is 1. The molecule has 27 heavy (non-hydrogen) atoms. The molecule has 0 spiro atoms. The second-order valence-corrected chi connectivity index (χ2v) is 6.18. The van der Waals surface area contributed by atoms with E-state index in [9.17, 15) is 10.1 Å². The predicted molar refractivity (Wildman–Crippen MR) is 104 cm³/mol. The average molecular weight is 370 g/mol. The number of nitro groups is 1. The van der Waals surface area contributed by atoms with Gasteiger partial charge in [0.2, 0.25) is 0 Å². The van der Waals surface area contributed by atoms with Crippen LogP contribution in [0.2, 0.25) is 0 Å². The van der Waals surface area contributed by atoms with Crippen molar-refractivity contribution in [3.8, 4) is 11.4 Å². The third-order valence-corrected chi connectivity index (χ3v) is 4.23. The van der Waals surface area contributed by atoms with Gasteiger partial charge >= 0.3 is 0 Å². The largest absolute Gasteiger partial charge is 0.393 e. The molecule has 0 aliphatic carbocycles. The summed E-state index contributed by atoms with van der Waals surface area (Å²) in [6, 6.07) is 10.7. The van der Waals surface area contributed by atoms with E-state index in [4.69, 9.17) is 15.2 Å². The van der Waals surface area contributed by atoms with Crippen molar-refractivity contribution in [1.29, 1.82) is 0 Å². The van der Waals surface area contributed by atoms with Gasteiger partial charge in [-0.05, 0) is 42.7 Å². The molecular weight excluding hydrogens is 348 g/mol. The maximum absolute atomic E-state index is 11.1. The van der Waals surface area contributed by atoms with E-state index in [2.05, 4.69) is 9.97 Å². The first-order valence-electron chi connectivity index (χ1n) is 8.68. The van der Waals surface area contributed by atoms with E-state index in [1.165, 1.54) is 17.7 Å². The van der Waals surface area contributed by atoms with Gasteiger partial charge in [-0.3, -0.25) is 10.1 Å². The predicted octanol–water partition coefficient (Wildman–Crippen LogP) is 3.32. The molecule has 3 rings (SSSR count). The van der Waals surface area contributed by atoms with E-state index in [0.717, 1.165) is 23.9 Å². The van der Waals surface area contributed by atoms with E-state index < -0.39 is 4.92 Å². The fourth-order valence-electron chi connectivity index (χ4n) is 2.82. The third kappa shape index (κ3) is 4.60. The van der Waals surface area contributed by atoms with Crippen LogP contribution in [0.4, 0.5) is 11.4 Å². The molecule has 0 saturated carbocycles. The molecule has 0 fully saturated rings. The van der Waals surface area contributed by atoms with Gasteiger partial charge in [-0.1, -0.05) is 6.07 Å². The van der Waals surface area contributed by atoms with Crippen LogP contribution in [0, 0.1) is 10.1 Å². The van der Waals surface area contributed by atoms with Crippen LogP contribution in [0.15, 0.2) is 36.4 Å². The standard InChI is InChI=1S/C19H22N4O4/c1-26-9-10-27-8-2-3-13-4-7-16-17(11-13)22-19(21-16)14-5-6-15(20)18(12-14)23(24)25/h4-7,11-12H,2-3,8-10,20H2,1H3,(H,21,22). The van der Waals surface area contributed by atoms with Gasteiger partial charge in [0.1, 0.15) is 11.5 Å². The first-order valence-corrected chi connectivity index (χ1v) is 8.68. The van der Waals surface area contributed by atoms with E-state index in [1.54, 1.807) is 13.2 Å². The summed E-state index contributed by atoms with van der Waals surface area (Å²) in [4.78, 5) is 18.4. The number of ether oxygens (including phenoxy) is 2. The number of aromatic nitrogens is 2. The number of rotatable bonds is 9. The van der Waals surface area contributed by atoms with Crippen molar-refractivity contribution in [2.24, 2.45) is 0 Å². The SMILES string of the molecule is COCCOCCCc1ccc2nc(-c3ccc(N)c([N+](=O)[O-])c3)[nH]c2c1. The zero-order valence-corrected chi connectivity index (χ0v) is 15.1. The third-order valence-electron chi connectivity index (χ3n) is 4.23. The lowest BCUT2D eigenvalue weighted by Crippen LogP contribution is -2.03. The molecule has 0 aliphatic rings. The van der Waals surface area contributed by atoms with Crippen molar-refractivity contribution >= 4 is 22.4 Å². The maximum atomic E-state index is 11.1. The van der Waals surface area contributed by atoms with Crippen LogP contribution < -0.4 is 5.73 Å². The topological polar surface area (TPSA) is 116 Å². The normalized spacial score (nSPS) is 11.1. The van der Waals surface area contributed by atoms with Gasteiger partial charge in [0, 0.05) is 25.3 Å². The van der Waals surface area contributed by atoms with Gasteiger partial charge < -0.3 is 20.2 Å². The fourth-order valence-corrected chi connectivity index (χ4v) is 2.82. The molecular formula is C19H22N4O4. The van der Waals surface area contributed by atoms with Crippen molar-refractivity contribution in [2.75, 3.05) is 32.7 Å². The minimum Gasteiger partial charge on any atom is -0.393 e. The van der Waals surface area contributed by atoms with Gasteiger partial charge in [-0.25, -0.2) is 4.98 Å². The maximum Gasteiger partial charge on any atom is 0.292 e. The quantitative estimate of drug-likeness (QED) is 0.258. The van der Waals surface area contributed by atoms with Crippen molar-refractivity contribution in [1.82, 2.24) is 9.97 Å². The minimum absolute atomic E-state index is 0.123. The monoisotopic (exact) mass is 370 g/mol. The lowest BCUT2D eigenvalue weighted by molar-refractivity contribution is -0.383. The lowest BCUT2D eigenvalue weighted by Gasteiger charge is -2.04. The van der Waals surface area contributed by atoms with Crippen LogP contribution in [-0.4, -0.2) is 41.8 Å². The summed E-state index contributed by atoms with van der Waals surface area (Å²) < 4.78 is 10.4. The Morgan fingerprint density at radius 1 is 1.19 bits per heavy atom. The summed E-state index contributed by atoms with van der Waals surface area (Å²) in [5.41, 5.74) is 9.17. The summed E-state index contributed by atoms with van der Waals surface area (Å²) in [6.07, 6.45) is 1.81. The Bertz CT molecular complexity index is 939. The Hall–Kier alpha value is -2.97. The van der Waals surface area contributed by atoms with Crippen LogP contribution in [0.25, 0.3) is 22.4 Å². The molecule has 1 aromatic heterocycles. The Morgan fingerprint density at radius 2 is 2.04 bits per heavy atom. The number of methoxy groups -OCH3 is 1. The number of aryl methyl sites for hydroxylation is 1. The Balaban J connectivity index is 1.72. The smallest absolute Gasteiger partial charge is 0.292 e. The molecule has 3 aromatic rings. The van der Waals surface area contributed by atoms with Gasteiger partial charge in [0.25, 0.3) is 5.69 Å². The number of aromatic amines is 1. The molecule has 3 N–H and O–H groups in total. The van der Waals surface area contributed by atoms with Crippen LogP contribution >= 0.6 is 0 Å². The molecule has 8 heteroatoms. The molecule has 0 atom stereocenters. The number of hydrogen-bond acceptors (Lipinski definition) is 6. The van der Waals surface area contributed by atoms with E-state index >= 15 is 0 Å². The summed E-state index contributed by atoms with van der Waals surface area (Å²) in [6.45, 7) is 1.89.